The Hall–Kier alpha value is -2.06. The Bertz CT molecular complexity index is 862. The van der Waals surface area contributed by atoms with Gasteiger partial charge < -0.3 is 18.6 Å². The lowest BCUT2D eigenvalue weighted by Gasteiger charge is -2.43. The standard InChI is InChI=1S/C24H33N3O4/c1-28-17-22-6-5-21(31-22)16-26-8-2-3-20(15-26)27-11-9-25(10-12-27)14-19-4-7-23-24(13-19)30-18-29-23/h4-7,13,20H,2-3,8-12,14-18H2,1H3/t20-/m1/s1. The highest BCUT2D eigenvalue weighted by atomic mass is 16.7. The van der Waals surface area contributed by atoms with E-state index in [1.807, 2.05) is 12.1 Å². The van der Waals surface area contributed by atoms with Crippen LogP contribution in [0.15, 0.2) is 34.7 Å². The molecule has 7 heteroatoms. The quantitative estimate of drug-likeness (QED) is 0.673. The predicted octanol–water partition coefficient (Wildman–Crippen LogP) is 2.94. The van der Waals surface area contributed by atoms with Gasteiger partial charge in [-0.15, -0.1) is 0 Å². The highest BCUT2D eigenvalue weighted by Crippen LogP contribution is 2.33. The van der Waals surface area contributed by atoms with Gasteiger partial charge in [-0.05, 0) is 49.2 Å². The van der Waals surface area contributed by atoms with Crippen LogP contribution in [0, 0.1) is 0 Å². The number of piperidine rings is 1. The maximum atomic E-state index is 5.90. The third-order valence-electron chi connectivity index (χ3n) is 6.63. The number of hydrogen-bond donors (Lipinski definition) is 0. The molecule has 31 heavy (non-hydrogen) atoms. The summed E-state index contributed by atoms with van der Waals surface area (Å²) in [6, 6.07) is 11.1. The minimum Gasteiger partial charge on any atom is -0.462 e. The number of hydrogen-bond acceptors (Lipinski definition) is 7. The summed E-state index contributed by atoms with van der Waals surface area (Å²) in [7, 11) is 1.70. The van der Waals surface area contributed by atoms with Crippen molar-refractivity contribution in [2.24, 2.45) is 0 Å². The van der Waals surface area contributed by atoms with Gasteiger partial charge in [0, 0.05) is 52.4 Å². The summed E-state index contributed by atoms with van der Waals surface area (Å²) in [6.07, 6.45) is 2.56. The van der Waals surface area contributed by atoms with E-state index < -0.39 is 0 Å². The van der Waals surface area contributed by atoms with Crippen LogP contribution in [-0.4, -0.2) is 73.9 Å². The molecule has 0 spiro atoms. The molecule has 0 N–H and O–H groups in total. The molecular formula is C24H33N3O4. The number of benzene rings is 1. The first-order chi connectivity index (χ1) is 15.3. The van der Waals surface area contributed by atoms with Crippen LogP contribution in [0.3, 0.4) is 0 Å². The normalized spacial score (nSPS) is 22.8. The number of rotatable bonds is 7. The summed E-state index contributed by atoms with van der Waals surface area (Å²) in [6.45, 7) is 9.54. The molecule has 3 aliphatic heterocycles. The van der Waals surface area contributed by atoms with Gasteiger partial charge in [-0.2, -0.15) is 0 Å². The Morgan fingerprint density at radius 2 is 1.74 bits per heavy atom. The second-order valence-electron chi connectivity index (χ2n) is 8.83. The molecule has 1 atom stereocenters. The van der Waals surface area contributed by atoms with Crippen LogP contribution in [0.1, 0.15) is 29.9 Å². The number of piperazine rings is 1. The molecule has 0 bridgehead atoms. The van der Waals surface area contributed by atoms with Crippen LogP contribution < -0.4 is 9.47 Å². The Morgan fingerprint density at radius 1 is 0.903 bits per heavy atom. The molecule has 0 aliphatic carbocycles. The summed E-state index contributed by atoms with van der Waals surface area (Å²) in [5.74, 6) is 3.69. The molecule has 2 fully saturated rings. The summed E-state index contributed by atoms with van der Waals surface area (Å²) in [5.41, 5.74) is 1.30. The topological polar surface area (TPSA) is 50.6 Å². The van der Waals surface area contributed by atoms with Crippen molar-refractivity contribution < 1.29 is 18.6 Å². The van der Waals surface area contributed by atoms with E-state index >= 15 is 0 Å². The van der Waals surface area contributed by atoms with Crippen LogP contribution in [0.4, 0.5) is 0 Å². The monoisotopic (exact) mass is 427 g/mol. The van der Waals surface area contributed by atoms with Gasteiger partial charge in [0.25, 0.3) is 0 Å². The lowest BCUT2D eigenvalue weighted by molar-refractivity contribution is 0.0455. The lowest BCUT2D eigenvalue weighted by Crippen LogP contribution is -2.54. The predicted molar refractivity (Wildman–Crippen MR) is 117 cm³/mol. The Labute approximate surface area is 184 Å². The molecule has 5 rings (SSSR count). The zero-order chi connectivity index (χ0) is 21.0. The maximum absolute atomic E-state index is 5.90. The second-order valence-corrected chi connectivity index (χ2v) is 8.83. The van der Waals surface area contributed by atoms with E-state index in [0.29, 0.717) is 19.4 Å². The van der Waals surface area contributed by atoms with E-state index in [1.165, 1.54) is 18.4 Å². The third-order valence-corrected chi connectivity index (χ3v) is 6.63. The van der Waals surface area contributed by atoms with Crippen molar-refractivity contribution in [1.82, 2.24) is 14.7 Å². The Morgan fingerprint density at radius 3 is 2.61 bits per heavy atom. The van der Waals surface area contributed by atoms with Crippen molar-refractivity contribution >= 4 is 0 Å². The molecule has 3 aliphatic rings. The van der Waals surface area contributed by atoms with E-state index in [4.69, 9.17) is 18.6 Å². The molecule has 168 valence electrons. The van der Waals surface area contributed by atoms with Crippen molar-refractivity contribution in [3.05, 3.63) is 47.4 Å². The molecule has 4 heterocycles. The molecule has 0 amide bonds. The van der Waals surface area contributed by atoms with Crippen LogP contribution in [0.2, 0.25) is 0 Å². The summed E-state index contributed by atoms with van der Waals surface area (Å²) < 4.78 is 22.0. The molecule has 0 radical (unpaired) electrons. The van der Waals surface area contributed by atoms with Crippen LogP contribution in [-0.2, 0) is 24.4 Å². The fourth-order valence-electron chi connectivity index (χ4n) is 5.00. The van der Waals surface area contributed by atoms with E-state index in [2.05, 4.69) is 32.9 Å². The van der Waals surface area contributed by atoms with E-state index in [1.54, 1.807) is 7.11 Å². The average molecular weight is 428 g/mol. The Kier molecular flexibility index (Phi) is 6.45. The van der Waals surface area contributed by atoms with Crippen molar-refractivity contribution in [3.8, 4) is 11.5 Å². The van der Waals surface area contributed by atoms with Crippen molar-refractivity contribution in [1.29, 1.82) is 0 Å². The van der Waals surface area contributed by atoms with Crippen LogP contribution >= 0.6 is 0 Å². The number of fused-ring (bicyclic) bond motifs is 1. The number of methoxy groups -OCH3 is 1. The van der Waals surface area contributed by atoms with Crippen molar-refractivity contribution in [2.75, 3.05) is 53.2 Å². The Balaban J connectivity index is 1.10. The molecule has 2 saturated heterocycles. The molecule has 1 aromatic heterocycles. The number of nitrogens with zero attached hydrogens (tertiary/aromatic N) is 3. The first kappa shape index (κ1) is 20.8. The fraction of sp³-hybridized carbons (Fsp3) is 0.583. The molecule has 2 aromatic rings. The minimum absolute atomic E-state index is 0.337. The molecule has 1 aromatic carbocycles. The van der Waals surface area contributed by atoms with E-state index in [9.17, 15) is 0 Å². The molecule has 0 saturated carbocycles. The largest absolute Gasteiger partial charge is 0.462 e. The second kappa shape index (κ2) is 9.61. The fourth-order valence-corrected chi connectivity index (χ4v) is 5.00. The number of ether oxygens (including phenoxy) is 3. The first-order valence-electron chi connectivity index (χ1n) is 11.4. The number of furan rings is 1. The summed E-state index contributed by atoms with van der Waals surface area (Å²) in [5, 5.41) is 0. The summed E-state index contributed by atoms with van der Waals surface area (Å²) in [4.78, 5) is 7.79. The van der Waals surface area contributed by atoms with Crippen molar-refractivity contribution in [3.63, 3.8) is 0 Å². The molecule has 7 nitrogen and oxygen atoms in total. The maximum Gasteiger partial charge on any atom is 0.231 e. The van der Waals surface area contributed by atoms with E-state index in [-0.39, 0.29) is 0 Å². The molecule has 0 unspecified atom stereocenters. The van der Waals surface area contributed by atoms with Gasteiger partial charge in [0.1, 0.15) is 18.1 Å². The SMILES string of the molecule is COCc1ccc(CN2CCC[C@@H](N3CCN(Cc4ccc5c(c4)OCO5)CC3)C2)o1. The molecular weight excluding hydrogens is 394 g/mol. The van der Waals surface area contributed by atoms with Crippen LogP contribution in [0.25, 0.3) is 0 Å². The lowest BCUT2D eigenvalue weighted by atomic mass is 10.0. The van der Waals surface area contributed by atoms with Gasteiger partial charge in [-0.25, -0.2) is 0 Å². The van der Waals surface area contributed by atoms with Gasteiger partial charge in [0.2, 0.25) is 6.79 Å². The third kappa shape index (κ3) is 5.06. The first-order valence-corrected chi connectivity index (χ1v) is 11.4. The minimum atomic E-state index is 0.337. The zero-order valence-electron chi connectivity index (χ0n) is 18.4. The highest BCUT2D eigenvalue weighted by Gasteiger charge is 2.28. The zero-order valence-corrected chi connectivity index (χ0v) is 18.4. The van der Waals surface area contributed by atoms with Gasteiger partial charge >= 0.3 is 0 Å². The van der Waals surface area contributed by atoms with E-state index in [0.717, 1.165) is 75.4 Å². The summed E-state index contributed by atoms with van der Waals surface area (Å²) >= 11 is 0. The van der Waals surface area contributed by atoms with Gasteiger partial charge in [-0.3, -0.25) is 14.7 Å². The van der Waals surface area contributed by atoms with Gasteiger partial charge in [0.05, 0.1) is 6.54 Å². The number of likely N-dealkylation sites (tertiary alicyclic amines) is 1. The smallest absolute Gasteiger partial charge is 0.231 e. The van der Waals surface area contributed by atoms with Crippen molar-refractivity contribution in [2.45, 2.75) is 38.6 Å². The average Bonchev–Trinajstić information content (AvgIpc) is 3.44. The van der Waals surface area contributed by atoms with Gasteiger partial charge in [0.15, 0.2) is 11.5 Å². The highest BCUT2D eigenvalue weighted by molar-refractivity contribution is 5.44. The van der Waals surface area contributed by atoms with Crippen LogP contribution in [0.5, 0.6) is 11.5 Å². The van der Waals surface area contributed by atoms with Gasteiger partial charge in [-0.1, -0.05) is 6.07 Å².